The van der Waals surface area contributed by atoms with Crippen molar-refractivity contribution in [1.29, 1.82) is 0 Å². The van der Waals surface area contributed by atoms with Crippen LogP contribution in [0.25, 0.3) is 11.4 Å². The summed E-state index contributed by atoms with van der Waals surface area (Å²) in [5.41, 5.74) is 1.75. The van der Waals surface area contributed by atoms with Crippen LogP contribution >= 0.6 is 12.4 Å². The lowest BCUT2D eigenvalue weighted by Gasteiger charge is -2.02. The molecule has 1 aromatic carbocycles. The minimum absolute atomic E-state index is 0. The highest BCUT2D eigenvalue weighted by Crippen LogP contribution is 2.62. The molecule has 112 valence electrons. The minimum Gasteiger partial charge on any atom is -0.339 e. The Morgan fingerprint density at radius 1 is 1.43 bits per heavy atom. The topological polar surface area (TPSA) is 51.0 Å². The molecule has 4 nitrogen and oxygen atoms in total. The van der Waals surface area contributed by atoms with Crippen LogP contribution in [0.4, 0.5) is 4.39 Å². The van der Waals surface area contributed by atoms with Gasteiger partial charge < -0.3 is 9.84 Å². The zero-order chi connectivity index (χ0) is 13.7. The summed E-state index contributed by atoms with van der Waals surface area (Å²) >= 11 is 0. The Bertz CT molecular complexity index is 667. The fourth-order valence-electron chi connectivity index (χ4n) is 3.21. The van der Waals surface area contributed by atoms with E-state index in [9.17, 15) is 4.39 Å². The molecule has 0 bridgehead atoms. The van der Waals surface area contributed by atoms with Gasteiger partial charge in [-0.15, -0.1) is 12.4 Å². The van der Waals surface area contributed by atoms with E-state index in [1.807, 2.05) is 0 Å². The first-order valence-electron chi connectivity index (χ1n) is 6.99. The van der Waals surface area contributed by atoms with Crippen molar-refractivity contribution >= 4 is 12.4 Å². The molecule has 1 saturated carbocycles. The van der Waals surface area contributed by atoms with Crippen LogP contribution < -0.4 is 5.32 Å². The van der Waals surface area contributed by atoms with E-state index in [0.717, 1.165) is 31.0 Å². The molecule has 21 heavy (non-hydrogen) atoms. The van der Waals surface area contributed by atoms with Gasteiger partial charge in [-0.1, -0.05) is 5.16 Å². The molecule has 2 fully saturated rings. The molecule has 4 rings (SSSR count). The summed E-state index contributed by atoms with van der Waals surface area (Å²) in [7, 11) is 0. The monoisotopic (exact) mass is 309 g/mol. The van der Waals surface area contributed by atoms with Gasteiger partial charge >= 0.3 is 0 Å². The van der Waals surface area contributed by atoms with E-state index in [2.05, 4.69) is 15.5 Å². The van der Waals surface area contributed by atoms with Crippen molar-refractivity contribution < 1.29 is 8.91 Å². The summed E-state index contributed by atoms with van der Waals surface area (Å²) in [6.07, 6.45) is 2.31. The molecule has 2 aliphatic rings. The second-order valence-electron chi connectivity index (χ2n) is 5.97. The average molecular weight is 310 g/mol. The molecule has 1 saturated heterocycles. The Balaban J connectivity index is 0.00000132. The normalized spacial score (nSPS) is 26.9. The van der Waals surface area contributed by atoms with Crippen LogP contribution in [-0.2, 0) is 0 Å². The van der Waals surface area contributed by atoms with Gasteiger partial charge in [0.1, 0.15) is 5.82 Å². The van der Waals surface area contributed by atoms with Crippen molar-refractivity contribution in [1.82, 2.24) is 15.5 Å². The van der Waals surface area contributed by atoms with E-state index in [4.69, 9.17) is 4.52 Å². The summed E-state index contributed by atoms with van der Waals surface area (Å²) in [5.74, 6) is 1.46. The van der Waals surface area contributed by atoms with E-state index in [1.165, 1.54) is 12.5 Å². The van der Waals surface area contributed by atoms with E-state index in [1.54, 1.807) is 19.1 Å². The van der Waals surface area contributed by atoms with Gasteiger partial charge in [0.15, 0.2) is 0 Å². The zero-order valence-corrected chi connectivity index (χ0v) is 12.5. The molecule has 0 amide bonds. The number of halogens is 2. The molecule has 6 heteroatoms. The van der Waals surface area contributed by atoms with Crippen molar-refractivity contribution in [2.24, 2.45) is 5.41 Å². The molecular formula is C15H17ClFN3O. The summed E-state index contributed by atoms with van der Waals surface area (Å²) in [6.45, 7) is 3.86. The van der Waals surface area contributed by atoms with E-state index >= 15 is 0 Å². The van der Waals surface area contributed by atoms with Crippen LogP contribution in [0.15, 0.2) is 22.7 Å². The Morgan fingerprint density at radius 2 is 2.29 bits per heavy atom. The first-order chi connectivity index (χ1) is 9.68. The van der Waals surface area contributed by atoms with E-state index in [0.29, 0.717) is 22.7 Å². The van der Waals surface area contributed by atoms with Gasteiger partial charge in [0.05, 0.1) is 0 Å². The number of benzene rings is 1. The Hall–Kier alpha value is -1.46. The van der Waals surface area contributed by atoms with Crippen LogP contribution in [0.3, 0.4) is 0 Å². The van der Waals surface area contributed by atoms with Gasteiger partial charge in [-0.25, -0.2) is 4.39 Å². The fourth-order valence-corrected chi connectivity index (χ4v) is 3.21. The number of aryl methyl sites for hydroxylation is 1. The summed E-state index contributed by atoms with van der Waals surface area (Å²) in [4.78, 5) is 4.50. The number of rotatable bonds is 2. The molecule has 0 radical (unpaired) electrons. The maximum atomic E-state index is 13.3. The second kappa shape index (κ2) is 5.07. The predicted octanol–water partition coefficient (Wildman–Crippen LogP) is 3.07. The lowest BCUT2D eigenvalue weighted by Crippen LogP contribution is -2.10. The number of nitrogens with zero attached hydrogens (tertiary/aromatic N) is 2. The van der Waals surface area contributed by atoms with Crippen molar-refractivity contribution in [3.63, 3.8) is 0 Å². The minimum atomic E-state index is -0.212. The molecule has 2 aromatic rings. The molecular weight excluding hydrogens is 293 g/mol. The number of aromatic nitrogens is 2. The highest BCUT2D eigenvalue weighted by molar-refractivity contribution is 5.85. The van der Waals surface area contributed by atoms with Crippen LogP contribution in [-0.4, -0.2) is 23.2 Å². The first-order valence-corrected chi connectivity index (χ1v) is 6.99. The zero-order valence-electron chi connectivity index (χ0n) is 11.7. The fraction of sp³-hybridized carbons (Fsp3) is 0.467. The number of hydrogen-bond acceptors (Lipinski definition) is 4. The molecule has 1 N–H and O–H groups in total. The molecule has 2 heterocycles. The van der Waals surface area contributed by atoms with Crippen molar-refractivity contribution in [2.45, 2.75) is 25.7 Å². The number of nitrogens with one attached hydrogen (secondary N) is 1. The SMILES string of the molecule is Cc1cc(-c2noc(C3CC34CCNC4)n2)ccc1F.Cl. The third-order valence-electron chi connectivity index (χ3n) is 4.62. The third-order valence-corrected chi connectivity index (χ3v) is 4.62. The van der Waals surface area contributed by atoms with Gasteiger partial charge in [-0.2, -0.15) is 4.98 Å². The van der Waals surface area contributed by atoms with E-state index < -0.39 is 0 Å². The molecule has 1 spiro atoms. The standard InChI is InChI=1S/C15H16FN3O.ClH/c1-9-6-10(2-3-12(9)16)13-18-14(20-19-13)11-7-15(11)4-5-17-8-15;/h2-3,6,11,17H,4-5,7-8H2,1H3;1H. The van der Waals surface area contributed by atoms with Gasteiger partial charge in [-0.3, -0.25) is 0 Å². The third kappa shape index (κ3) is 2.34. The lowest BCUT2D eigenvalue weighted by atomic mass is 10.0. The maximum Gasteiger partial charge on any atom is 0.230 e. The van der Waals surface area contributed by atoms with Crippen LogP contribution in [0.5, 0.6) is 0 Å². The highest BCUT2D eigenvalue weighted by Gasteiger charge is 2.58. The molecule has 2 atom stereocenters. The largest absolute Gasteiger partial charge is 0.339 e. The maximum absolute atomic E-state index is 13.3. The van der Waals surface area contributed by atoms with Gasteiger partial charge in [0.25, 0.3) is 0 Å². The van der Waals surface area contributed by atoms with E-state index in [-0.39, 0.29) is 18.2 Å². The highest BCUT2D eigenvalue weighted by atomic mass is 35.5. The summed E-state index contributed by atoms with van der Waals surface area (Å²) in [6, 6.07) is 4.89. The lowest BCUT2D eigenvalue weighted by molar-refractivity contribution is 0.364. The Labute approximate surface area is 128 Å². The second-order valence-corrected chi connectivity index (χ2v) is 5.97. The molecule has 1 aromatic heterocycles. The molecule has 1 aliphatic carbocycles. The van der Waals surface area contributed by atoms with Crippen molar-refractivity contribution in [3.05, 3.63) is 35.5 Å². The summed E-state index contributed by atoms with van der Waals surface area (Å²) in [5, 5.41) is 7.44. The predicted molar refractivity (Wildman–Crippen MR) is 79.0 cm³/mol. The number of hydrogen-bond donors (Lipinski definition) is 1. The van der Waals surface area contributed by atoms with Crippen molar-refractivity contribution in [3.8, 4) is 11.4 Å². The van der Waals surface area contributed by atoms with Gasteiger partial charge in [0.2, 0.25) is 11.7 Å². The van der Waals surface area contributed by atoms with Gasteiger partial charge in [-0.05, 0) is 55.5 Å². The first kappa shape index (κ1) is 14.5. The van der Waals surface area contributed by atoms with Crippen molar-refractivity contribution in [2.75, 3.05) is 13.1 Å². The van der Waals surface area contributed by atoms with Crippen LogP contribution in [0.1, 0.15) is 30.2 Å². The molecule has 2 unspecified atom stereocenters. The smallest absolute Gasteiger partial charge is 0.230 e. The Morgan fingerprint density at radius 3 is 3.00 bits per heavy atom. The van der Waals surface area contributed by atoms with Crippen LogP contribution in [0, 0.1) is 18.2 Å². The quantitative estimate of drug-likeness (QED) is 0.926. The average Bonchev–Trinajstić information content (AvgIpc) is 2.83. The summed E-state index contributed by atoms with van der Waals surface area (Å²) < 4.78 is 18.7. The Kier molecular flexibility index (Phi) is 3.50. The van der Waals surface area contributed by atoms with Gasteiger partial charge in [0, 0.05) is 18.0 Å². The van der Waals surface area contributed by atoms with Crippen LogP contribution in [0.2, 0.25) is 0 Å². The molecule has 1 aliphatic heterocycles.